The van der Waals surface area contributed by atoms with E-state index in [1.54, 1.807) is 0 Å². The van der Waals surface area contributed by atoms with Gasteiger partial charge in [0, 0.05) is 12.6 Å². The molecule has 0 bridgehead atoms. The van der Waals surface area contributed by atoms with E-state index >= 15 is 0 Å². The van der Waals surface area contributed by atoms with Crippen LogP contribution in [0.15, 0.2) is 6.07 Å². The Hall–Kier alpha value is -1.16. The van der Waals surface area contributed by atoms with Crippen molar-refractivity contribution in [1.82, 2.24) is 4.98 Å². The van der Waals surface area contributed by atoms with Gasteiger partial charge < -0.3 is 10.3 Å². The number of carbonyl (C=O) groups excluding carboxylic acids is 1. The first-order chi connectivity index (χ1) is 6.00. The second-order valence-electron chi connectivity index (χ2n) is 3.02. The Morgan fingerprint density at radius 1 is 1.54 bits per heavy atom. The van der Waals surface area contributed by atoms with Gasteiger partial charge in [0.25, 0.3) is 0 Å². The molecule has 1 rings (SSSR count). The lowest BCUT2D eigenvalue weighted by Gasteiger charge is -2.07. The van der Waals surface area contributed by atoms with E-state index in [0.29, 0.717) is 10.3 Å². The number of hydrogen-bond acceptors (Lipinski definition) is 2. The summed E-state index contributed by atoms with van der Waals surface area (Å²) in [6, 6.07) is 1.95. The zero-order valence-electron chi connectivity index (χ0n) is 7.89. The van der Waals surface area contributed by atoms with E-state index in [9.17, 15) is 4.79 Å². The maximum atomic E-state index is 10.8. The van der Waals surface area contributed by atoms with Crippen molar-refractivity contribution in [2.45, 2.75) is 20.8 Å². The first kappa shape index (κ1) is 9.92. The zero-order valence-corrected chi connectivity index (χ0v) is 8.71. The van der Waals surface area contributed by atoms with Gasteiger partial charge in [-0.2, -0.15) is 0 Å². The van der Waals surface area contributed by atoms with Gasteiger partial charge in [0.2, 0.25) is 5.91 Å². The van der Waals surface area contributed by atoms with Gasteiger partial charge in [-0.15, -0.1) is 0 Å². The monoisotopic (exact) mass is 196 g/mol. The molecule has 0 aliphatic carbocycles. The molecule has 13 heavy (non-hydrogen) atoms. The number of aromatic amines is 1. The molecule has 0 fully saturated rings. The first-order valence-electron chi connectivity index (χ1n) is 3.99. The molecule has 1 heterocycles. The molecule has 0 radical (unpaired) electrons. The van der Waals surface area contributed by atoms with Gasteiger partial charge in [-0.1, -0.05) is 12.2 Å². The maximum Gasteiger partial charge on any atom is 0.221 e. The Balaban J connectivity index is 3.21. The third-order valence-corrected chi connectivity index (χ3v) is 1.97. The highest BCUT2D eigenvalue weighted by atomic mass is 32.1. The predicted molar refractivity (Wildman–Crippen MR) is 55.4 cm³/mol. The third kappa shape index (κ3) is 2.39. The minimum atomic E-state index is -0.105. The normalized spacial score (nSPS) is 9.77. The molecule has 0 unspecified atom stereocenters. The SMILES string of the molecule is CC(=O)Nc1c(C)cc(C)[nH]c1=S. The molecule has 0 aromatic carbocycles. The number of amides is 1. The standard InChI is InChI=1S/C9H12N2OS/c1-5-4-6(2)10-9(13)8(5)11-7(3)12/h4H,1-3H3,(H,10,13)(H,11,12). The highest BCUT2D eigenvalue weighted by Crippen LogP contribution is 2.15. The van der Waals surface area contributed by atoms with Crippen LogP contribution in [0, 0.1) is 18.5 Å². The van der Waals surface area contributed by atoms with E-state index in [2.05, 4.69) is 10.3 Å². The maximum absolute atomic E-state index is 10.8. The topological polar surface area (TPSA) is 44.9 Å². The van der Waals surface area contributed by atoms with Crippen molar-refractivity contribution >= 4 is 23.8 Å². The van der Waals surface area contributed by atoms with Crippen LogP contribution in [-0.4, -0.2) is 10.9 Å². The second kappa shape index (κ2) is 3.70. The molecule has 0 spiro atoms. The molecule has 0 saturated carbocycles. The second-order valence-corrected chi connectivity index (χ2v) is 3.43. The summed E-state index contributed by atoms with van der Waals surface area (Å²) in [7, 11) is 0. The quantitative estimate of drug-likeness (QED) is 0.677. The van der Waals surface area contributed by atoms with Gasteiger partial charge in [0.05, 0.1) is 5.69 Å². The van der Waals surface area contributed by atoms with E-state index in [0.717, 1.165) is 11.3 Å². The number of aromatic nitrogens is 1. The summed E-state index contributed by atoms with van der Waals surface area (Å²) < 4.78 is 0.577. The van der Waals surface area contributed by atoms with Crippen molar-refractivity contribution in [3.8, 4) is 0 Å². The van der Waals surface area contributed by atoms with Gasteiger partial charge in [-0.3, -0.25) is 4.79 Å². The average molecular weight is 196 g/mol. The molecule has 2 N–H and O–H groups in total. The number of carbonyl (C=O) groups is 1. The van der Waals surface area contributed by atoms with Crippen LogP contribution in [0.1, 0.15) is 18.2 Å². The smallest absolute Gasteiger partial charge is 0.221 e. The molecule has 1 aromatic rings. The van der Waals surface area contributed by atoms with Crippen LogP contribution in [0.3, 0.4) is 0 Å². The fourth-order valence-electron chi connectivity index (χ4n) is 1.19. The number of hydrogen-bond donors (Lipinski definition) is 2. The summed E-state index contributed by atoms with van der Waals surface area (Å²) in [5, 5.41) is 2.69. The number of H-pyrrole nitrogens is 1. The Morgan fingerprint density at radius 2 is 2.15 bits per heavy atom. The van der Waals surface area contributed by atoms with E-state index in [1.165, 1.54) is 6.92 Å². The highest BCUT2D eigenvalue weighted by Gasteiger charge is 2.02. The first-order valence-corrected chi connectivity index (χ1v) is 4.39. The summed E-state index contributed by atoms with van der Waals surface area (Å²) in [5.74, 6) is -0.105. The molecule has 4 heteroatoms. The lowest BCUT2D eigenvalue weighted by Crippen LogP contribution is -2.08. The molecule has 70 valence electrons. The summed E-state index contributed by atoms with van der Waals surface area (Å²) in [5.41, 5.74) is 2.68. The van der Waals surface area contributed by atoms with Crippen molar-refractivity contribution in [3.63, 3.8) is 0 Å². The lowest BCUT2D eigenvalue weighted by molar-refractivity contribution is -0.114. The lowest BCUT2D eigenvalue weighted by atomic mass is 10.2. The van der Waals surface area contributed by atoms with Gasteiger partial charge in [-0.05, 0) is 25.5 Å². The number of rotatable bonds is 1. The predicted octanol–water partition coefficient (Wildman–Crippen LogP) is 2.32. The van der Waals surface area contributed by atoms with E-state index < -0.39 is 0 Å². The van der Waals surface area contributed by atoms with E-state index in [1.807, 2.05) is 19.9 Å². The van der Waals surface area contributed by atoms with Crippen molar-refractivity contribution in [2.75, 3.05) is 5.32 Å². The van der Waals surface area contributed by atoms with Crippen LogP contribution in [0.2, 0.25) is 0 Å². The number of pyridine rings is 1. The van der Waals surface area contributed by atoms with Gasteiger partial charge in [0.15, 0.2) is 0 Å². The minimum absolute atomic E-state index is 0.105. The van der Waals surface area contributed by atoms with Crippen molar-refractivity contribution in [1.29, 1.82) is 0 Å². The Kier molecular flexibility index (Phi) is 2.83. The number of aryl methyl sites for hydroxylation is 2. The molecular formula is C9H12N2OS. The van der Waals surface area contributed by atoms with Gasteiger partial charge >= 0.3 is 0 Å². The average Bonchev–Trinajstić information content (AvgIpc) is 1.96. The van der Waals surface area contributed by atoms with Crippen LogP contribution < -0.4 is 5.32 Å². The molecule has 0 saturated heterocycles. The van der Waals surface area contributed by atoms with E-state index in [4.69, 9.17) is 12.2 Å². The van der Waals surface area contributed by atoms with Gasteiger partial charge in [0.1, 0.15) is 4.64 Å². The van der Waals surface area contributed by atoms with Crippen LogP contribution in [0.4, 0.5) is 5.69 Å². The fourth-order valence-corrected chi connectivity index (χ4v) is 1.56. The minimum Gasteiger partial charge on any atom is -0.349 e. The summed E-state index contributed by atoms with van der Waals surface area (Å²) in [6.07, 6.45) is 0. The van der Waals surface area contributed by atoms with E-state index in [-0.39, 0.29) is 5.91 Å². The molecule has 1 aromatic heterocycles. The molecule has 1 amide bonds. The summed E-state index contributed by atoms with van der Waals surface area (Å²) in [4.78, 5) is 13.8. The largest absolute Gasteiger partial charge is 0.349 e. The zero-order chi connectivity index (χ0) is 10.0. The number of nitrogens with one attached hydrogen (secondary N) is 2. The van der Waals surface area contributed by atoms with Crippen LogP contribution in [-0.2, 0) is 4.79 Å². The Labute approximate surface area is 82.2 Å². The van der Waals surface area contributed by atoms with Crippen molar-refractivity contribution in [3.05, 3.63) is 22.0 Å². The van der Waals surface area contributed by atoms with Gasteiger partial charge in [-0.25, -0.2) is 0 Å². The Bertz CT molecular complexity index is 395. The third-order valence-electron chi connectivity index (χ3n) is 1.67. The molecule has 0 atom stereocenters. The molecular weight excluding hydrogens is 184 g/mol. The number of anilines is 1. The Morgan fingerprint density at radius 3 is 2.62 bits per heavy atom. The van der Waals surface area contributed by atoms with Crippen molar-refractivity contribution in [2.24, 2.45) is 0 Å². The van der Waals surface area contributed by atoms with Crippen molar-refractivity contribution < 1.29 is 4.79 Å². The molecule has 3 nitrogen and oxygen atoms in total. The van der Waals surface area contributed by atoms with Crippen LogP contribution in [0.25, 0.3) is 0 Å². The van der Waals surface area contributed by atoms with Crippen LogP contribution >= 0.6 is 12.2 Å². The van der Waals surface area contributed by atoms with Crippen LogP contribution in [0.5, 0.6) is 0 Å². The molecule has 0 aliphatic rings. The molecule has 0 aliphatic heterocycles. The fraction of sp³-hybridized carbons (Fsp3) is 0.333. The summed E-state index contributed by atoms with van der Waals surface area (Å²) >= 11 is 5.08. The summed E-state index contributed by atoms with van der Waals surface area (Å²) in [6.45, 7) is 5.32. The highest BCUT2D eigenvalue weighted by molar-refractivity contribution is 7.71.